The summed E-state index contributed by atoms with van der Waals surface area (Å²) in [5.74, 6) is 0.887. The molecule has 10 nitrogen and oxygen atoms in total. The number of nitrogens with one attached hydrogen (secondary N) is 2. The Hall–Kier alpha value is -4.80. The minimum absolute atomic E-state index is 0. The van der Waals surface area contributed by atoms with Crippen LogP contribution < -0.4 is 0 Å². The first-order chi connectivity index (χ1) is 19.6. The van der Waals surface area contributed by atoms with E-state index in [-0.39, 0.29) is 36.6 Å². The molecule has 2 N–H and O–H groups in total. The van der Waals surface area contributed by atoms with E-state index in [0.29, 0.717) is 60.6 Å². The van der Waals surface area contributed by atoms with Crippen LogP contribution in [0.1, 0.15) is 21.0 Å². The zero-order valence-corrected chi connectivity index (χ0v) is 23.9. The van der Waals surface area contributed by atoms with Crippen LogP contribution in [0.3, 0.4) is 0 Å². The van der Waals surface area contributed by atoms with Crippen LogP contribution in [-0.2, 0) is 0 Å². The monoisotopic (exact) mass is 600 g/mol. The number of carbonyl (C=O) groups is 2. The van der Waals surface area contributed by atoms with E-state index < -0.39 is 0 Å². The van der Waals surface area contributed by atoms with E-state index in [1.54, 1.807) is 21.9 Å². The highest BCUT2D eigenvalue weighted by molar-refractivity contribution is 5.95. The molecule has 2 amide bonds. The third-order valence-electron chi connectivity index (χ3n) is 7.05. The summed E-state index contributed by atoms with van der Waals surface area (Å²) in [6.07, 6.45) is 0. The Kier molecular flexibility index (Phi) is 8.19. The lowest BCUT2D eigenvalue weighted by atomic mass is 10.2. The van der Waals surface area contributed by atoms with Gasteiger partial charge < -0.3 is 19.8 Å². The minimum Gasteiger partial charge on any atom is -0.337 e. The Balaban J connectivity index is 0.00000176. The van der Waals surface area contributed by atoms with Gasteiger partial charge in [-0.2, -0.15) is 0 Å². The van der Waals surface area contributed by atoms with Gasteiger partial charge in [-0.15, -0.1) is 24.8 Å². The van der Waals surface area contributed by atoms with E-state index in [1.807, 2.05) is 72.8 Å². The van der Waals surface area contributed by atoms with Crippen LogP contribution in [0.15, 0.2) is 84.9 Å². The van der Waals surface area contributed by atoms with Gasteiger partial charge in [-0.05, 0) is 48.5 Å². The van der Waals surface area contributed by atoms with Gasteiger partial charge >= 0.3 is 0 Å². The second-order valence-corrected chi connectivity index (χ2v) is 9.61. The van der Waals surface area contributed by atoms with Gasteiger partial charge in [0.2, 0.25) is 0 Å². The van der Waals surface area contributed by atoms with Crippen molar-refractivity contribution in [3.05, 3.63) is 96.3 Å². The van der Waals surface area contributed by atoms with Crippen molar-refractivity contribution in [2.75, 3.05) is 26.2 Å². The molecule has 6 aromatic rings. The highest BCUT2D eigenvalue weighted by atomic mass is 35.5. The summed E-state index contributed by atoms with van der Waals surface area (Å²) in [5.41, 5.74) is 5.40. The minimum atomic E-state index is -0.171. The average molecular weight is 601 g/mol. The molecule has 0 bridgehead atoms. The average Bonchev–Trinajstić information content (AvgIpc) is 3.65. The third kappa shape index (κ3) is 5.41. The van der Waals surface area contributed by atoms with Crippen molar-refractivity contribution in [1.82, 2.24) is 39.7 Å². The Labute approximate surface area is 253 Å². The van der Waals surface area contributed by atoms with Crippen LogP contribution in [0.2, 0.25) is 0 Å². The first-order valence-electron chi connectivity index (χ1n) is 13.1. The summed E-state index contributed by atoms with van der Waals surface area (Å²) in [6, 6.07) is 26.2. The number of imidazole rings is 2. The molecular formula is C30H26Cl2N8O2. The number of hydrogen-bond acceptors (Lipinski definition) is 6. The number of hydrogen-bond donors (Lipinski definition) is 2. The lowest BCUT2D eigenvalue weighted by Gasteiger charge is -2.34. The molecule has 0 aliphatic carbocycles. The maximum Gasteiger partial charge on any atom is 0.272 e. The number of piperazine rings is 1. The number of H-pyrrole nitrogens is 2. The number of aromatic nitrogens is 6. The van der Waals surface area contributed by atoms with E-state index in [2.05, 4.69) is 29.9 Å². The van der Waals surface area contributed by atoms with E-state index in [0.717, 1.165) is 22.1 Å². The van der Waals surface area contributed by atoms with Crippen molar-refractivity contribution in [1.29, 1.82) is 0 Å². The number of fused-ring (bicyclic) bond motifs is 2. The summed E-state index contributed by atoms with van der Waals surface area (Å²) in [5, 5.41) is 0. The largest absolute Gasteiger partial charge is 0.337 e. The number of rotatable bonds is 4. The predicted octanol–water partition coefficient (Wildman–Crippen LogP) is 5.01. The van der Waals surface area contributed by atoms with Crippen LogP contribution in [0.4, 0.5) is 0 Å². The Morgan fingerprint density at radius 1 is 0.524 bits per heavy atom. The molecule has 0 saturated carbocycles. The number of pyridine rings is 2. The van der Waals surface area contributed by atoms with Gasteiger partial charge in [0, 0.05) is 26.2 Å². The number of amides is 2. The van der Waals surface area contributed by atoms with Gasteiger partial charge in [0.25, 0.3) is 11.8 Å². The first kappa shape index (κ1) is 28.7. The number of para-hydroxylation sites is 4. The van der Waals surface area contributed by atoms with Crippen molar-refractivity contribution >= 4 is 58.7 Å². The normalized spacial score (nSPS) is 13.0. The predicted molar refractivity (Wildman–Crippen MR) is 165 cm³/mol. The van der Waals surface area contributed by atoms with Crippen LogP contribution in [0.25, 0.3) is 45.1 Å². The molecule has 212 valence electrons. The second kappa shape index (κ2) is 12.0. The molecule has 1 fully saturated rings. The molecule has 0 spiro atoms. The van der Waals surface area contributed by atoms with Crippen LogP contribution in [0.5, 0.6) is 0 Å². The summed E-state index contributed by atoms with van der Waals surface area (Å²) < 4.78 is 0. The summed E-state index contributed by atoms with van der Waals surface area (Å²) in [7, 11) is 0. The highest BCUT2D eigenvalue weighted by Crippen LogP contribution is 2.21. The van der Waals surface area contributed by atoms with Crippen molar-refractivity contribution in [3.8, 4) is 23.0 Å². The molecule has 1 aliphatic heterocycles. The van der Waals surface area contributed by atoms with E-state index in [1.165, 1.54) is 0 Å². The van der Waals surface area contributed by atoms with Gasteiger partial charge in [-0.3, -0.25) is 9.59 Å². The standard InChI is InChI=1S/C30H24N8O2.2ClH/c39-29(25-13-5-11-23(31-25)27-33-19-7-1-2-8-20(19)34-27)37-15-17-38(18-16-37)30(40)26-14-6-12-24(32-26)28-35-21-9-3-4-10-22(21)36-28;;/h1-14H,15-18H2,(H,33,34)(H,35,36);2*1H. The smallest absolute Gasteiger partial charge is 0.272 e. The topological polar surface area (TPSA) is 124 Å². The lowest BCUT2D eigenvalue weighted by Crippen LogP contribution is -2.50. The molecule has 7 rings (SSSR count). The van der Waals surface area contributed by atoms with E-state index in [4.69, 9.17) is 0 Å². The molecule has 0 atom stereocenters. The van der Waals surface area contributed by atoms with Gasteiger partial charge in [0.1, 0.15) is 22.8 Å². The SMILES string of the molecule is Cl.Cl.O=C(c1cccc(-c2nc3ccccc3[nH]2)n1)N1CCN(C(=O)c2cccc(-c3nc4ccccc4[nH]3)n2)CC1. The molecule has 4 aromatic heterocycles. The fourth-order valence-corrected chi connectivity index (χ4v) is 4.96. The summed E-state index contributed by atoms with van der Waals surface area (Å²) in [6.45, 7) is 1.63. The molecule has 1 saturated heterocycles. The first-order valence-corrected chi connectivity index (χ1v) is 13.1. The maximum absolute atomic E-state index is 13.3. The van der Waals surface area contributed by atoms with Crippen LogP contribution in [0, 0.1) is 0 Å². The Morgan fingerprint density at radius 2 is 0.929 bits per heavy atom. The van der Waals surface area contributed by atoms with Gasteiger partial charge in [-0.25, -0.2) is 19.9 Å². The maximum atomic E-state index is 13.3. The third-order valence-corrected chi connectivity index (χ3v) is 7.05. The molecule has 0 radical (unpaired) electrons. The van der Waals surface area contributed by atoms with Crippen molar-refractivity contribution in [2.45, 2.75) is 0 Å². The number of nitrogens with zero attached hydrogens (tertiary/aromatic N) is 6. The lowest BCUT2D eigenvalue weighted by molar-refractivity contribution is 0.0529. The van der Waals surface area contributed by atoms with Gasteiger partial charge in [0.15, 0.2) is 11.6 Å². The fourth-order valence-electron chi connectivity index (χ4n) is 4.96. The van der Waals surface area contributed by atoms with E-state index in [9.17, 15) is 9.59 Å². The Morgan fingerprint density at radius 3 is 1.33 bits per heavy atom. The molecule has 5 heterocycles. The van der Waals surface area contributed by atoms with Crippen molar-refractivity contribution < 1.29 is 9.59 Å². The molecule has 42 heavy (non-hydrogen) atoms. The van der Waals surface area contributed by atoms with Gasteiger partial charge in [0.05, 0.1) is 22.1 Å². The number of aromatic amines is 2. The molecular weight excluding hydrogens is 575 g/mol. The number of halogens is 2. The zero-order chi connectivity index (χ0) is 27.1. The van der Waals surface area contributed by atoms with Crippen molar-refractivity contribution in [3.63, 3.8) is 0 Å². The highest BCUT2D eigenvalue weighted by Gasteiger charge is 2.27. The fraction of sp³-hybridized carbons (Fsp3) is 0.133. The summed E-state index contributed by atoms with van der Waals surface area (Å²) >= 11 is 0. The molecule has 0 unspecified atom stereocenters. The molecule has 12 heteroatoms. The second-order valence-electron chi connectivity index (χ2n) is 9.61. The van der Waals surface area contributed by atoms with E-state index >= 15 is 0 Å². The number of benzene rings is 2. The Bertz CT molecular complexity index is 1690. The molecule has 2 aromatic carbocycles. The van der Waals surface area contributed by atoms with Crippen LogP contribution in [-0.4, -0.2) is 77.7 Å². The molecule has 1 aliphatic rings. The van der Waals surface area contributed by atoms with Crippen molar-refractivity contribution in [2.24, 2.45) is 0 Å². The van der Waals surface area contributed by atoms with Crippen LogP contribution >= 0.6 is 24.8 Å². The number of carbonyl (C=O) groups excluding carboxylic acids is 2. The zero-order valence-electron chi connectivity index (χ0n) is 22.2. The quantitative estimate of drug-likeness (QED) is 0.293. The summed E-state index contributed by atoms with van der Waals surface area (Å²) in [4.78, 5) is 54.9. The van der Waals surface area contributed by atoms with Gasteiger partial charge in [-0.1, -0.05) is 36.4 Å².